The Morgan fingerprint density at radius 1 is 1.44 bits per heavy atom. The third kappa shape index (κ3) is 3.03. The van der Waals surface area contributed by atoms with Crippen molar-refractivity contribution in [2.75, 3.05) is 13.2 Å². The molecular weight excluding hydrogens is 274 g/mol. The zero-order valence-electron chi connectivity index (χ0n) is 10.1. The lowest BCUT2D eigenvalue weighted by Crippen LogP contribution is -2.36. The van der Waals surface area contributed by atoms with Crippen LogP contribution in [-0.4, -0.2) is 26.9 Å². The summed E-state index contributed by atoms with van der Waals surface area (Å²) in [5.74, 6) is 0. The molecule has 0 spiro atoms. The normalized spacial score (nSPS) is 22.0. The van der Waals surface area contributed by atoms with Crippen molar-refractivity contribution in [2.45, 2.75) is 24.6 Å². The molecular formula is C12H16ClNO3S. The molecule has 18 heavy (non-hydrogen) atoms. The van der Waals surface area contributed by atoms with Crippen LogP contribution in [0.5, 0.6) is 0 Å². The smallest absolute Gasteiger partial charge is 0.217 e. The van der Waals surface area contributed by atoms with E-state index in [1.165, 1.54) is 0 Å². The van der Waals surface area contributed by atoms with Crippen LogP contribution in [0.2, 0.25) is 5.02 Å². The molecule has 4 nitrogen and oxygen atoms in total. The van der Waals surface area contributed by atoms with Crippen LogP contribution in [-0.2, 0) is 14.8 Å². The van der Waals surface area contributed by atoms with E-state index in [9.17, 15) is 8.42 Å². The van der Waals surface area contributed by atoms with Crippen molar-refractivity contribution >= 4 is 21.6 Å². The maximum absolute atomic E-state index is 12.1. The first-order valence-corrected chi connectivity index (χ1v) is 7.76. The van der Waals surface area contributed by atoms with Crippen LogP contribution in [0.15, 0.2) is 24.3 Å². The van der Waals surface area contributed by atoms with Gasteiger partial charge in [-0.25, -0.2) is 13.1 Å². The van der Waals surface area contributed by atoms with E-state index < -0.39 is 15.3 Å². The van der Waals surface area contributed by atoms with Gasteiger partial charge in [-0.1, -0.05) is 29.8 Å². The van der Waals surface area contributed by atoms with Gasteiger partial charge in [0.15, 0.2) is 0 Å². The highest BCUT2D eigenvalue weighted by atomic mass is 35.5. The number of benzene rings is 1. The van der Waals surface area contributed by atoms with Gasteiger partial charge in [-0.3, -0.25) is 0 Å². The number of halogens is 1. The summed E-state index contributed by atoms with van der Waals surface area (Å²) in [6.07, 6.45) is 0.546. The van der Waals surface area contributed by atoms with Gasteiger partial charge in [-0.05, 0) is 25.0 Å². The fraction of sp³-hybridized carbons (Fsp3) is 0.500. The number of hydrogen-bond acceptors (Lipinski definition) is 3. The monoisotopic (exact) mass is 289 g/mol. The van der Waals surface area contributed by atoms with Gasteiger partial charge in [0.05, 0.1) is 6.61 Å². The molecule has 1 aromatic carbocycles. The van der Waals surface area contributed by atoms with Gasteiger partial charge < -0.3 is 4.74 Å². The van der Waals surface area contributed by atoms with Crippen LogP contribution in [0, 0.1) is 0 Å². The third-order valence-corrected chi connectivity index (χ3v) is 5.32. The number of rotatable bonds is 4. The molecule has 2 atom stereocenters. The van der Waals surface area contributed by atoms with Gasteiger partial charge in [0, 0.05) is 17.7 Å². The van der Waals surface area contributed by atoms with E-state index >= 15 is 0 Å². The Kier molecular flexibility index (Phi) is 4.27. The van der Waals surface area contributed by atoms with Crippen molar-refractivity contribution in [3.8, 4) is 0 Å². The predicted octanol–water partition coefficient (Wildman–Crippen LogP) is 2.11. The Bertz CT molecular complexity index is 512. The van der Waals surface area contributed by atoms with E-state index in [1.807, 2.05) is 18.2 Å². The molecule has 2 rings (SSSR count). The Hall–Kier alpha value is -0.620. The second kappa shape index (κ2) is 5.57. The van der Waals surface area contributed by atoms with Crippen molar-refractivity contribution in [3.63, 3.8) is 0 Å². The summed E-state index contributed by atoms with van der Waals surface area (Å²) in [6, 6.07) is 6.88. The Balaban J connectivity index is 2.11. The first kappa shape index (κ1) is 13.8. The Morgan fingerprint density at radius 3 is 2.78 bits per heavy atom. The van der Waals surface area contributed by atoms with E-state index in [1.54, 1.807) is 13.0 Å². The topological polar surface area (TPSA) is 55.4 Å². The maximum atomic E-state index is 12.1. The second-order valence-electron chi connectivity index (χ2n) is 4.39. The molecule has 1 saturated heterocycles. The summed E-state index contributed by atoms with van der Waals surface area (Å²) >= 11 is 6.05. The summed E-state index contributed by atoms with van der Waals surface area (Å²) in [5.41, 5.74) is 0.779. The van der Waals surface area contributed by atoms with Gasteiger partial charge >= 0.3 is 0 Å². The predicted molar refractivity (Wildman–Crippen MR) is 71.1 cm³/mol. The highest BCUT2D eigenvalue weighted by molar-refractivity contribution is 7.90. The summed E-state index contributed by atoms with van der Waals surface area (Å²) in [6.45, 7) is 2.56. The highest BCUT2D eigenvalue weighted by Crippen LogP contribution is 2.24. The lowest BCUT2D eigenvalue weighted by atomic mass is 10.1. The van der Waals surface area contributed by atoms with Crippen LogP contribution in [0.4, 0.5) is 0 Å². The van der Waals surface area contributed by atoms with E-state index in [4.69, 9.17) is 16.3 Å². The van der Waals surface area contributed by atoms with E-state index in [0.29, 0.717) is 18.1 Å². The zero-order chi connectivity index (χ0) is 13.2. The maximum Gasteiger partial charge on any atom is 0.217 e. The number of ether oxygens (including phenoxy) is 1. The molecule has 6 heteroatoms. The van der Waals surface area contributed by atoms with Crippen molar-refractivity contribution < 1.29 is 13.2 Å². The SMILES string of the molecule is CC(NS(=O)(=O)C1CCOC1)c1ccccc1Cl. The van der Waals surface area contributed by atoms with Gasteiger partial charge in [-0.15, -0.1) is 0 Å². The van der Waals surface area contributed by atoms with Crippen LogP contribution in [0.3, 0.4) is 0 Å². The molecule has 0 radical (unpaired) electrons. The van der Waals surface area contributed by atoms with Crippen molar-refractivity contribution in [1.29, 1.82) is 0 Å². The van der Waals surface area contributed by atoms with Crippen LogP contribution in [0.25, 0.3) is 0 Å². The summed E-state index contributed by atoms with van der Waals surface area (Å²) < 4.78 is 32.0. The van der Waals surface area contributed by atoms with Crippen molar-refractivity contribution in [2.24, 2.45) is 0 Å². The third-order valence-electron chi connectivity index (χ3n) is 3.04. The molecule has 0 aromatic heterocycles. The minimum atomic E-state index is -3.36. The average Bonchev–Trinajstić information content (AvgIpc) is 2.82. The molecule has 0 bridgehead atoms. The molecule has 0 aliphatic carbocycles. The first-order chi connectivity index (χ1) is 8.50. The van der Waals surface area contributed by atoms with Crippen LogP contribution < -0.4 is 4.72 Å². The molecule has 1 aliphatic heterocycles. The summed E-state index contributed by atoms with van der Waals surface area (Å²) in [7, 11) is -3.36. The minimum absolute atomic E-state index is 0.268. The highest BCUT2D eigenvalue weighted by Gasteiger charge is 2.31. The number of nitrogens with one attached hydrogen (secondary N) is 1. The van der Waals surface area contributed by atoms with Crippen LogP contribution in [0.1, 0.15) is 24.9 Å². The summed E-state index contributed by atoms with van der Waals surface area (Å²) in [4.78, 5) is 0. The van der Waals surface area contributed by atoms with E-state index in [-0.39, 0.29) is 12.6 Å². The van der Waals surface area contributed by atoms with Gasteiger partial charge in [0.25, 0.3) is 0 Å². The van der Waals surface area contributed by atoms with Gasteiger partial charge in [-0.2, -0.15) is 0 Å². The molecule has 0 amide bonds. The molecule has 1 aliphatic rings. The first-order valence-electron chi connectivity index (χ1n) is 5.84. The standard InChI is InChI=1S/C12H16ClNO3S/c1-9(11-4-2-3-5-12(11)13)14-18(15,16)10-6-7-17-8-10/h2-5,9-10,14H,6-8H2,1H3. The summed E-state index contributed by atoms with van der Waals surface area (Å²) in [5, 5.41) is 0.109. The molecule has 2 unspecified atom stereocenters. The molecule has 1 fully saturated rings. The Labute approximate surface area is 112 Å². The van der Waals surface area contributed by atoms with Gasteiger partial charge in [0.2, 0.25) is 10.0 Å². The molecule has 100 valence electrons. The van der Waals surface area contributed by atoms with E-state index in [2.05, 4.69) is 4.72 Å². The quantitative estimate of drug-likeness (QED) is 0.924. The van der Waals surface area contributed by atoms with Crippen LogP contribution >= 0.6 is 11.6 Å². The zero-order valence-corrected chi connectivity index (χ0v) is 11.7. The largest absolute Gasteiger partial charge is 0.380 e. The Morgan fingerprint density at radius 2 is 2.17 bits per heavy atom. The lowest BCUT2D eigenvalue weighted by molar-refractivity contribution is 0.198. The molecule has 1 aromatic rings. The van der Waals surface area contributed by atoms with Crippen molar-refractivity contribution in [1.82, 2.24) is 4.72 Å². The number of sulfonamides is 1. The minimum Gasteiger partial charge on any atom is -0.380 e. The molecule has 1 N–H and O–H groups in total. The van der Waals surface area contributed by atoms with Gasteiger partial charge in [0.1, 0.15) is 5.25 Å². The lowest BCUT2D eigenvalue weighted by Gasteiger charge is -2.18. The average molecular weight is 290 g/mol. The fourth-order valence-corrected chi connectivity index (χ4v) is 3.78. The van der Waals surface area contributed by atoms with Crippen molar-refractivity contribution in [3.05, 3.63) is 34.9 Å². The molecule has 1 heterocycles. The second-order valence-corrected chi connectivity index (χ2v) is 6.79. The fourth-order valence-electron chi connectivity index (χ4n) is 1.99. The van der Waals surface area contributed by atoms with E-state index in [0.717, 1.165) is 5.56 Å². The molecule has 0 saturated carbocycles. The number of hydrogen-bond donors (Lipinski definition) is 1.